The molecule has 2 aliphatic heterocycles. The summed E-state index contributed by atoms with van der Waals surface area (Å²) < 4.78 is 10.6. The number of rotatable bonds is 4. The van der Waals surface area contributed by atoms with Gasteiger partial charge in [-0.25, -0.2) is 0 Å². The predicted octanol–water partition coefficient (Wildman–Crippen LogP) is 2.48. The third-order valence-electron chi connectivity index (χ3n) is 4.27. The largest absolute Gasteiger partial charge is 0.454 e. The summed E-state index contributed by atoms with van der Waals surface area (Å²) in [5, 5.41) is 3.02. The zero-order valence-corrected chi connectivity index (χ0v) is 12.6. The third kappa shape index (κ3) is 2.83. The SMILES string of the molecule is CCCN1CCC(C)(C(=O)Nc2ccc3c(c2)OCO3)C1. The van der Waals surface area contributed by atoms with Crippen LogP contribution in [0.15, 0.2) is 18.2 Å². The molecular formula is C16H22N2O3. The fraction of sp³-hybridized carbons (Fsp3) is 0.562. The number of likely N-dealkylation sites (tertiary alicyclic amines) is 1. The van der Waals surface area contributed by atoms with Crippen molar-refractivity contribution in [3.8, 4) is 11.5 Å². The molecule has 1 atom stereocenters. The van der Waals surface area contributed by atoms with E-state index < -0.39 is 0 Å². The van der Waals surface area contributed by atoms with E-state index in [4.69, 9.17) is 9.47 Å². The van der Waals surface area contributed by atoms with Gasteiger partial charge in [0.25, 0.3) is 0 Å². The van der Waals surface area contributed by atoms with Crippen molar-refractivity contribution in [3.05, 3.63) is 18.2 Å². The molecule has 5 heteroatoms. The number of amides is 1. The number of nitrogens with zero attached hydrogens (tertiary/aromatic N) is 1. The predicted molar refractivity (Wildman–Crippen MR) is 80.6 cm³/mol. The van der Waals surface area contributed by atoms with E-state index in [2.05, 4.69) is 17.1 Å². The first kappa shape index (κ1) is 14.2. The fourth-order valence-corrected chi connectivity index (χ4v) is 3.01. The Labute approximate surface area is 125 Å². The van der Waals surface area contributed by atoms with Crippen LogP contribution in [0.3, 0.4) is 0 Å². The average Bonchev–Trinajstić information content (AvgIpc) is 3.06. The molecule has 2 heterocycles. The van der Waals surface area contributed by atoms with Gasteiger partial charge in [0.2, 0.25) is 12.7 Å². The van der Waals surface area contributed by atoms with Gasteiger partial charge in [0.1, 0.15) is 0 Å². The lowest BCUT2D eigenvalue weighted by Gasteiger charge is -2.23. The quantitative estimate of drug-likeness (QED) is 0.925. The average molecular weight is 290 g/mol. The zero-order chi connectivity index (χ0) is 14.9. The molecule has 0 saturated carbocycles. The van der Waals surface area contributed by atoms with Gasteiger partial charge in [0, 0.05) is 18.3 Å². The first-order valence-corrected chi connectivity index (χ1v) is 7.54. The standard InChI is InChI=1S/C16H22N2O3/c1-3-7-18-8-6-16(2,10-18)15(19)17-12-4-5-13-14(9-12)21-11-20-13/h4-5,9H,3,6-8,10-11H2,1-2H3,(H,17,19). The van der Waals surface area contributed by atoms with E-state index in [1.54, 1.807) is 0 Å². The second-order valence-electron chi connectivity index (χ2n) is 6.11. The van der Waals surface area contributed by atoms with Crippen LogP contribution in [0.1, 0.15) is 26.7 Å². The molecule has 0 aromatic heterocycles. The monoisotopic (exact) mass is 290 g/mol. The molecule has 21 heavy (non-hydrogen) atoms. The molecule has 5 nitrogen and oxygen atoms in total. The summed E-state index contributed by atoms with van der Waals surface area (Å²) in [4.78, 5) is 14.9. The van der Waals surface area contributed by atoms with Crippen molar-refractivity contribution in [1.29, 1.82) is 0 Å². The van der Waals surface area contributed by atoms with Crippen molar-refractivity contribution in [2.24, 2.45) is 5.41 Å². The minimum Gasteiger partial charge on any atom is -0.454 e. The lowest BCUT2D eigenvalue weighted by Crippen LogP contribution is -2.36. The minimum absolute atomic E-state index is 0.0833. The van der Waals surface area contributed by atoms with E-state index in [0.717, 1.165) is 43.9 Å². The molecule has 1 fully saturated rings. The Hall–Kier alpha value is -1.75. The van der Waals surface area contributed by atoms with Crippen molar-refractivity contribution in [2.45, 2.75) is 26.7 Å². The van der Waals surface area contributed by atoms with E-state index in [1.165, 1.54) is 0 Å². The van der Waals surface area contributed by atoms with Crippen molar-refractivity contribution < 1.29 is 14.3 Å². The Bertz CT molecular complexity index is 546. The maximum Gasteiger partial charge on any atom is 0.231 e. The van der Waals surface area contributed by atoms with Gasteiger partial charge in [-0.1, -0.05) is 6.92 Å². The van der Waals surface area contributed by atoms with Crippen LogP contribution in [0.4, 0.5) is 5.69 Å². The van der Waals surface area contributed by atoms with Gasteiger partial charge in [-0.15, -0.1) is 0 Å². The molecule has 0 spiro atoms. The van der Waals surface area contributed by atoms with E-state index in [9.17, 15) is 4.79 Å². The van der Waals surface area contributed by atoms with Crippen LogP contribution >= 0.6 is 0 Å². The zero-order valence-electron chi connectivity index (χ0n) is 12.6. The summed E-state index contributed by atoms with van der Waals surface area (Å²) >= 11 is 0. The number of hydrogen-bond donors (Lipinski definition) is 1. The minimum atomic E-state index is -0.314. The molecule has 1 N–H and O–H groups in total. The first-order chi connectivity index (χ1) is 10.1. The number of carbonyl (C=O) groups is 1. The van der Waals surface area contributed by atoms with Gasteiger partial charge >= 0.3 is 0 Å². The number of carbonyl (C=O) groups excluding carboxylic acids is 1. The highest BCUT2D eigenvalue weighted by atomic mass is 16.7. The Morgan fingerprint density at radius 2 is 2.19 bits per heavy atom. The third-order valence-corrected chi connectivity index (χ3v) is 4.27. The highest BCUT2D eigenvalue weighted by Crippen LogP contribution is 2.36. The smallest absolute Gasteiger partial charge is 0.231 e. The van der Waals surface area contributed by atoms with Crippen LogP contribution in [-0.4, -0.2) is 37.2 Å². The van der Waals surface area contributed by atoms with Gasteiger partial charge < -0.3 is 19.7 Å². The summed E-state index contributed by atoms with van der Waals surface area (Å²) in [7, 11) is 0. The van der Waals surface area contributed by atoms with Gasteiger partial charge in [-0.3, -0.25) is 4.79 Å². The second kappa shape index (κ2) is 5.56. The molecule has 1 aromatic carbocycles. The van der Waals surface area contributed by atoms with Crippen LogP contribution in [0.25, 0.3) is 0 Å². The van der Waals surface area contributed by atoms with Gasteiger partial charge in [-0.05, 0) is 45.0 Å². The highest BCUT2D eigenvalue weighted by molar-refractivity contribution is 5.95. The molecule has 1 amide bonds. The van der Waals surface area contributed by atoms with Crippen molar-refractivity contribution >= 4 is 11.6 Å². The maximum atomic E-state index is 12.6. The number of benzene rings is 1. The molecule has 1 saturated heterocycles. The molecule has 0 radical (unpaired) electrons. The normalized spacial score (nSPS) is 24.3. The molecular weight excluding hydrogens is 268 g/mol. The summed E-state index contributed by atoms with van der Waals surface area (Å²) in [5.41, 5.74) is 0.449. The topological polar surface area (TPSA) is 50.8 Å². The van der Waals surface area contributed by atoms with Gasteiger partial charge in [0.15, 0.2) is 11.5 Å². The van der Waals surface area contributed by atoms with Crippen molar-refractivity contribution in [3.63, 3.8) is 0 Å². The molecule has 2 aliphatic rings. The van der Waals surface area contributed by atoms with Crippen LogP contribution < -0.4 is 14.8 Å². The van der Waals surface area contributed by atoms with E-state index in [1.807, 2.05) is 25.1 Å². The number of ether oxygens (including phenoxy) is 2. The molecule has 0 bridgehead atoms. The molecule has 0 aliphatic carbocycles. The van der Waals surface area contributed by atoms with E-state index in [0.29, 0.717) is 5.75 Å². The number of hydrogen-bond acceptors (Lipinski definition) is 4. The second-order valence-corrected chi connectivity index (χ2v) is 6.11. The Kier molecular flexibility index (Phi) is 3.76. The Balaban J connectivity index is 1.66. The number of fused-ring (bicyclic) bond motifs is 1. The summed E-state index contributed by atoms with van der Waals surface area (Å²) in [5.74, 6) is 1.51. The summed E-state index contributed by atoms with van der Waals surface area (Å²) in [6.45, 7) is 7.35. The number of nitrogens with one attached hydrogen (secondary N) is 1. The summed E-state index contributed by atoms with van der Waals surface area (Å²) in [6.07, 6.45) is 2.03. The maximum absolute atomic E-state index is 12.6. The van der Waals surface area contributed by atoms with Crippen molar-refractivity contribution in [2.75, 3.05) is 31.7 Å². The molecule has 1 aromatic rings. The van der Waals surface area contributed by atoms with Crippen LogP contribution in [0, 0.1) is 5.41 Å². The Morgan fingerprint density at radius 1 is 1.38 bits per heavy atom. The molecule has 3 rings (SSSR count). The molecule has 1 unspecified atom stereocenters. The van der Waals surface area contributed by atoms with E-state index >= 15 is 0 Å². The Morgan fingerprint density at radius 3 is 3.00 bits per heavy atom. The van der Waals surface area contributed by atoms with Crippen molar-refractivity contribution in [1.82, 2.24) is 4.90 Å². The lowest BCUT2D eigenvalue weighted by molar-refractivity contribution is -0.124. The van der Waals surface area contributed by atoms with Crippen LogP contribution in [0.2, 0.25) is 0 Å². The molecule has 114 valence electrons. The highest BCUT2D eigenvalue weighted by Gasteiger charge is 2.40. The van der Waals surface area contributed by atoms with Gasteiger partial charge in [0.05, 0.1) is 5.41 Å². The van der Waals surface area contributed by atoms with Gasteiger partial charge in [-0.2, -0.15) is 0 Å². The summed E-state index contributed by atoms with van der Waals surface area (Å²) in [6, 6.07) is 5.51. The van der Waals surface area contributed by atoms with E-state index in [-0.39, 0.29) is 18.1 Å². The van der Waals surface area contributed by atoms with Crippen LogP contribution in [-0.2, 0) is 4.79 Å². The first-order valence-electron chi connectivity index (χ1n) is 7.54. The fourth-order valence-electron chi connectivity index (χ4n) is 3.01. The van der Waals surface area contributed by atoms with Crippen LogP contribution in [0.5, 0.6) is 11.5 Å². The lowest BCUT2D eigenvalue weighted by atomic mass is 9.88. The number of anilines is 1.